The van der Waals surface area contributed by atoms with Crippen LogP contribution in [0.2, 0.25) is 0 Å². The second kappa shape index (κ2) is 25.2. The number of piperazine rings is 1. The van der Waals surface area contributed by atoms with Gasteiger partial charge in [-0.15, -0.1) is 21.5 Å². The number of carbonyl (C=O) groups excluding carboxylic acids is 2. The number of nitrogens with zero attached hydrogens (tertiary/aromatic N) is 9. The number of nitrogens with one attached hydrogen (secondary N) is 1. The van der Waals surface area contributed by atoms with Crippen LogP contribution >= 0.6 is 18.9 Å². The number of hydrogen-bond acceptors (Lipinski definition) is 19. The number of rotatable bonds is 22. The zero-order valence-electron chi connectivity index (χ0n) is 47.0. The minimum Gasteiger partial charge on any atom is -0.507 e. The van der Waals surface area contributed by atoms with Gasteiger partial charge in [-0.05, 0) is 91.9 Å². The summed E-state index contributed by atoms with van der Waals surface area (Å²) in [7, 11) is -4.28. The molecule has 5 aliphatic rings. The van der Waals surface area contributed by atoms with Crippen LogP contribution in [0, 0.1) is 12.8 Å². The van der Waals surface area contributed by atoms with Crippen LogP contribution in [0.5, 0.6) is 17.5 Å². The Hall–Kier alpha value is -6.72. The predicted molar refractivity (Wildman–Crippen MR) is 312 cm³/mol. The number of β-amino-alcohol motifs (C(OH)–C–C–N with tert-alkyl or cyclic N) is 1. The maximum absolute atomic E-state index is 14.4. The highest BCUT2D eigenvalue weighted by Crippen LogP contribution is 2.42. The molecule has 11 rings (SSSR count). The van der Waals surface area contributed by atoms with E-state index < -0.39 is 37.6 Å². The predicted octanol–water partition coefficient (Wildman–Crippen LogP) is 7.09. The lowest BCUT2D eigenvalue weighted by atomic mass is 9.91. The smallest absolute Gasteiger partial charge is 0.325 e. The number of hydrogen-bond donors (Lipinski definition) is 6. The van der Waals surface area contributed by atoms with Gasteiger partial charge >= 0.3 is 7.60 Å². The number of piperidine rings is 1. The molecule has 24 heteroatoms. The molecule has 6 aromatic rings. The number of benzene rings is 2. The number of nitrogens with two attached hydrogens (primary N) is 1. The molecule has 1 saturated carbocycles. The van der Waals surface area contributed by atoms with Crippen molar-refractivity contribution in [1.29, 1.82) is 0 Å². The highest BCUT2D eigenvalue weighted by atomic mass is 32.1. The summed E-state index contributed by atoms with van der Waals surface area (Å²) < 4.78 is 36.5. The SMILES string of the molecule is Cc1ncsc1-c1ccc(C(CCCP(=O)(O)O)NC(=O)[C@@H]2C[C@@H](O)CN2C(=O)[C@@H](c2cc(OCCN3CCC(OC4CC(Oc5cc(N6C7CCC6CN(c6cc(-c8ccccc8O)nnc6N)C7)ccn5)C4)CC3)no2)C(C)C)cc1. The molecule has 3 unspecified atom stereocenters. The van der Waals surface area contributed by atoms with E-state index in [2.05, 4.69) is 57.5 Å². The number of phenols is 1. The van der Waals surface area contributed by atoms with E-state index in [0.717, 1.165) is 97.8 Å². The lowest BCUT2D eigenvalue weighted by molar-refractivity contribution is -0.141. The van der Waals surface area contributed by atoms with Crippen LogP contribution in [0.3, 0.4) is 0 Å². The van der Waals surface area contributed by atoms with Gasteiger partial charge in [-0.2, -0.15) is 0 Å². The number of ether oxygens (including phenoxy) is 3. The van der Waals surface area contributed by atoms with E-state index in [1.54, 1.807) is 23.7 Å². The second-order valence-corrected chi connectivity index (χ2v) is 25.7. The number of carbonyl (C=O) groups is 2. The number of para-hydroxylation sites is 1. The zero-order chi connectivity index (χ0) is 57.9. The molecule has 83 heavy (non-hydrogen) atoms. The Morgan fingerprint density at radius 2 is 1.66 bits per heavy atom. The second-order valence-electron chi connectivity index (χ2n) is 23.1. The average molecular weight is 1180 g/mol. The number of amides is 2. The highest BCUT2D eigenvalue weighted by Gasteiger charge is 2.45. The van der Waals surface area contributed by atoms with Gasteiger partial charge in [0, 0.05) is 106 Å². The lowest BCUT2D eigenvalue weighted by Crippen LogP contribution is -2.54. The van der Waals surface area contributed by atoms with Gasteiger partial charge in [-0.3, -0.25) is 19.1 Å². The first kappa shape index (κ1) is 58.1. The first-order valence-corrected chi connectivity index (χ1v) is 31.6. The van der Waals surface area contributed by atoms with Crippen LogP contribution in [-0.4, -0.2) is 162 Å². The van der Waals surface area contributed by atoms with Gasteiger partial charge in [0.15, 0.2) is 11.6 Å². The fourth-order valence-corrected chi connectivity index (χ4v) is 14.0. The number of aryl methyl sites for hydroxylation is 1. The number of likely N-dealkylation sites (tertiary alicyclic amines) is 2. The van der Waals surface area contributed by atoms with Crippen molar-refractivity contribution in [3.05, 3.63) is 102 Å². The van der Waals surface area contributed by atoms with E-state index in [4.69, 9.17) is 24.5 Å². The summed E-state index contributed by atoms with van der Waals surface area (Å²) in [6.07, 6.45) is 6.83. The summed E-state index contributed by atoms with van der Waals surface area (Å²) in [5.41, 5.74) is 13.9. The third-order valence-corrected chi connectivity index (χ3v) is 18.8. The van der Waals surface area contributed by atoms with E-state index in [9.17, 15) is 34.2 Å². The Bertz CT molecular complexity index is 3240. The molecule has 4 aliphatic heterocycles. The van der Waals surface area contributed by atoms with E-state index in [0.29, 0.717) is 41.9 Å². The number of nitrogen functional groups attached to an aromatic ring is 1. The Balaban J connectivity index is 0.615. The molecule has 2 bridgehead atoms. The number of aliphatic hydroxyl groups excluding tert-OH is 1. The summed E-state index contributed by atoms with van der Waals surface area (Å²) >= 11 is 1.52. The molecule has 22 nitrogen and oxygen atoms in total. The summed E-state index contributed by atoms with van der Waals surface area (Å²) in [5, 5.41) is 37.1. The van der Waals surface area contributed by atoms with Crippen molar-refractivity contribution in [2.45, 2.75) is 133 Å². The van der Waals surface area contributed by atoms with Gasteiger partial charge in [0.25, 0.3) is 5.88 Å². The molecular weight excluding hydrogens is 1100 g/mol. The van der Waals surface area contributed by atoms with Crippen molar-refractivity contribution < 1.29 is 52.9 Å². The molecule has 442 valence electrons. The first-order valence-electron chi connectivity index (χ1n) is 28.9. The highest BCUT2D eigenvalue weighted by molar-refractivity contribution is 7.51. The third kappa shape index (κ3) is 13.6. The van der Waals surface area contributed by atoms with Gasteiger partial charge < -0.3 is 64.5 Å². The lowest BCUT2D eigenvalue weighted by Gasteiger charge is -2.43. The summed E-state index contributed by atoms with van der Waals surface area (Å²) in [6, 6.07) is 21.4. The molecule has 5 fully saturated rings. The van der Waals surface area contributed by atoms with E-state index in [-0.39, 0.29) is 85.8 Å². The Labute approximate surface area is 486 Å². The Morgan fingerprint density at radius 3 is 2.37 bits per heavy atom. The fourth-order valence-electron chi connectivity index (χ4n) is 12.6. The van der Waals surface area contributed by atoms with E-state index in [1.807, 2.05) is 69.4 Å². The number of aliphatic hydroxyl groups is 1. The molecule has 4 aromatic heterocycles. The number of pyridine rings is 1. The van der Waals surface area contributed by atoms with E-state index in [1.165, 1.54) is 16.2 Å². The maximum Gasteiger partial charge on any atom is 0.325 e. The molecule has 7 N–H and O–H groups in total. The fraction of sp³-hybridized carbons (Fsp3) is 0.508. The van der Waals surface area contributed by atoms with Crippen molar-refractivity contribution in [3.63, 3.8) is 0 Å². The van der Waals surface area contributed by atoms with Crippen molar-refractivity contribution >= 4 is 47.9 Å². The van der Waals surface area contributed by atoms with Gasteiger partial charge in [0.2, 0.25) is 17.7 Å². The topological polar surface area (TPSA) is 288 Å². The zero-order valence-corrected chi connectivity index (χ0v) is 48.7. The molecule has 6 atom stereocenters. The van der Waals surface area contributed by atoms with Gasteiger partial charge in [0.1, 0.15) is 30.4 Å². The summed E-state index contributed by atoms with van der Waals surface area (Å²) in [6.45, 7) is 9.95. The molecule has 2 amide bonds. The minimum atomic E-state index is -4.28. The van der Waals surface area contributed by atoms with Gasteiger partial charge in [-0.25, -0.2) is 9.97 Å². The number of phenolic OH excluding ortho intramolecular Hbond substituents is 1. The standard InChI is InChI=1S/C59H74N11O11PS/c1-35(2)55(59(74)69-33-42(71)26-50(69)58(73)63-47(8-6-24-82(75,76)77)37-10-12-38(13-11-37)56-36(3)62-34-83-56)52-30-54(66-81-52)78-23-22-67-20-17-43(18-21-67)79-44-27-45(28-44)80-53-25-39(16-19-61-53)70-40-14-15-41(70)32-68(31-40)49-29-48(64-65-57(49)60)46-7-4-5-9-51(46)72/h4-5,7,9-13,16,19,25,29-30,34-35,40-45,47,50,55,71-72H,6,8,14-15,17-18,20-24,26-28,31-33H2,1-3H3,(H2,60,65)(H,63,73)(H2,75,76,77)/t40?,41?,42-,44?,45?,47?,50+,55-/m1/s1. The third-order valence-electron chi connectivity index (χ3n) is 16.9. The number of thiazole rings is 1. The quantitative estimate of drug-likeness (QED) is 0.0370. The number of aromatic nitrogens is 5. The van der Waals surface area contributed by atoms with Crippen molar-refractivity contribution in [1.82, 2.24) is 40.4 Å². The first-order chi connectivity index (χ1) is 40.0. The summed E-state index contributed by atoms with van der Waals surface area (Å²) in [4.78, 5) is 66.3. The van der Waals surface area contributed by atoms with Crippen LogP contribution in [0.25, 0.3) is 21.7 Å². The Kier molecular flexibility index (Phi) is 17.7. The number of fused-ring (bicyclic) bond motifs is 2. The summed E-state index contributed by atoms with van der Waals surface area (Å²) in [5.74, 6) is -0.242. The molecule has 2 aromatic carbocycles. The number of aromatic hydroxyl groups is 1. The number of anilines is 3. The molecular formula is C59H74N11O11PS. The average Bonchev–Trinajstić information content (AvgIpc) is 3.61. The Morgan fingerprint density at radius 1 is 0.904 bits per heavy atom. The van der Waals surface area contributed by atoms with Crippen molar-refractivity contribution in [2.24, 2.45) is 5.92 Å². The van der Waals surface area contributed by atoms with E-state index >= 15 is 0 Å². The van der Waals surface area contributed by atoms with Crippen LogP contribution in [0.4, 0.5) is 17.2 Å². The van der Waals surface area contributed by atoms with Crippen LogP contribution < -0.4 is 30.3 Å². The van der Waals surface area contributed by atoms with Gasteiger partial charge in [0.05, 0.1) is 51.8 Å². The normalized spacial score (nSPS) is 22.9. The maximum atomic E-state index is 14.4. The van der Waals surface area contributed by atoms with Crippen LogP contribution in [0.1, 0.15) is 101 Å². The molecule has 0 spiro atoms. The van der Waals surface area contributed by atoms with Crippen LogP contribution in [0.15, 0.2) is 89.0 Å². The van der Waals surface area contributed by atoms with Crippen molar-refractivity contribution in [2.75, 3.05) is 67.6 Å². The molecule has 4 saturated heterocycles. The van der Waals surface area contributed by atoms with Crippen LogP contribution in [-0.2, 0) is 18.9 Å². The minimum absolute atomic E-state index is 0.0258. The molecule has 8 heterocycles. The molecule has 1 aliphatic carbocycles. The largest absolute Gasteiger partial charge is 0.507 e. The monoisotopic (exact) mass is 1180 g/mol. The van der Waals surface area contributed by atoms with Gasteiger partial charge in [-0.1, -0.05) is 50.2 Å². The molecule has 0 radical (unpaired) electrons. The van der Waals surface area contributed by atoms with Crippen molar-refractivity contribution in [3.8, 4) is 39.2 Å².